The van der Waals surface area contributed by atoms with Gasteiger partial charge < -0.3 is 14.6 Å². The van der Waals surface area contributed by atoms with Crippen molar-refractivity contribution in [2.45, 2.75) is 17.6 Å². The molecule has 62 valence electrons. The number of halogens is 1. The van der Waals surface area contributed by atoms with E-state index in [0.29, 0.717) is 13.2 Å². The molecular weight excluding hydrogens is 247 g/mol. The fourth-order valence-electron chi connectivity index (χ4n) is 0.564. The number of hydrogen-bond donors (Lipinski definition) is 1. The monoisotopic (exact) mass is 260 g/mol. The molecule has 0 aliphatic heterocycles. The summed E-state index contributed by atoms with van der Waals surface area (Å²) >= 11 is 1.94. The van der Waals surface area contributed by atoms with Gasteiger partial charge >= 0.3 is 0 Å². The molecule has 3 nitrogen and oxygen atoms in total. The molecule has 0 fully saturated rings. The van der Waals surface area contributed by atoms with E-state index in [1.165, 1.54) is 0 Å². The summed E-state index contributed by atoms with van der Waals surface area (Å²) in [5, 5.41) is 8.79. The molecule has 4 heteroatoms. The van der Waals surface area contributed by atoms with Gasteiger partial charge in [-0.05, 0) is 36.4 Å². The summed E-state index contributed by atoms with van der Waals surface area (Å²) in [6.07, 6.45) is 0. The molecule has 0 rings (SSSR count). The fraction of sp³-hybridized carbons (Fsp3) is 1.00. The topological polar surface area (TPSA) is 38.7 Å². The zero-order valence-corrected chi connectivity index (χ0v) is 8.42. The summed E-state index contributed by atoms with van der Waals surface area (Å²) < 4.78 is 9.43. The number of alkyl halides is 1. The van der Waals surface area contributed by atoms with Crippen LogP contribution in [0.2, 0.25) is 0 Å². The van der Waals surface area contributed by atoms with E-state index in [4.69, 9.17) is 14.6 Å². The predicted molar refractivity (Wildman–Crippen MR) is 47.1 cm³/mol. The van der Waals surface area contributed by atoms with Gasteiger partial charge in [0, 0.05) is 13.2 Å². The summed E-state index contributed by atoms with van der Waals surface area (Å²) in [6.45, 7) is 4.70. The highest BCUT2D eigenvalue weighted by Gasteiger charge is 2.25. The molecule has 0 aromatic rings. The van der Waals surface area contributed by atoms with Gasteiger partial charge in [-0.25, -0.2) is 0 Å². The maximum atomic E-state index is 8.79. The largest absolute Gasteiger partial charge is 0.390 e. The Morgan fingerprint density at radius 3 is 1.90 bits per heavy atom. The Kier molecular flexibility index (Phi) is 5.61. The fourth-order valence-corrected chi connectivity index (χ4v) is 1.19. The third kappa shape index (κ3) is 3.70. The number of ether oxygens (including phenoxy) is 2. The van der Waals surface area contributed by atoms with E-state index in [9.17, 15) is 0 Å². The molecule has 0 unspecified atom stereocenters. The van der Waals surface area contributed by atoms with Crippen LogP contribution >= 0.6 is 22.6 Å². The first kappa shape index (κ1) is 10.6. The summed E-state index contributed by atoms with van der Waals surface area (Å²) in [7, 11) is 0. The van der Waals surface area contributed by atoms with E-state index in [-0.39, 0.29) is 6.61 Å². The summed E-state index contributed by atoms with van der Waals surface area (Å²) in [6, 6.07) is 0. The first-order valence-electron chi connectivity index (χ1n) is 3.26. The van der Waals surface area contributed by atoms with Gasteiger partial charge in [0.1, 0.15) is 6.61 Å². The van der Waals surface area contributed by atoms with Crippen molar-refractivity contribution in [3.63, 3.8) is 0 Å². The van der Waals surface area contributed by atoms with Crippen molar-refractivity contribution in [1.29, 1.82) is 0 Å². The van der Waals surface area contributed by atoms with Crippen molar-refractivity contribution in [1.82, 2.24) is 0 Å². The van der Waals surface area contributed by atoms with Crippen LogP contribution in [-0.4, -0.2) is 28.7 Å². The van der Waals surface area contributed by atoms with E-state index in [1.54, 1.807) is 0 Å². The minimum Gasteiger partial charge on any atom is -0.390 e. The Morgan fingerprint density at radius 2 is 1.70 bits per heavy atom. The van der Waals surface area contributed by atoms with Crippen LogP contribution in [0.25, 0.3) is 0 Å². The smallest absolute Gasteiger partial charge is 0.245 e. The van der Waals surface area contributed by atoms with Gasteiger partial charge in [-0.15, -0.1) is 0 Å². The zero-order chi connectivity index (χ0) is 8.04. The Labute approximate surface area is 74.8 Å². The lowest BCUT2D eigenvalue weighted by molar-refractivity contribution is -0.171. The van der Waals surface area contributed by atoms with Crippen LogP contribution in [0, 0.1) is 0 Å². The van der Waals surface area contributed by atoms with Gasteiger partial charge in [0.15, 0.2) is 0 Å². The van der Waals surface area contributed by atoms with Crippen LogP contribution < -0.4 is 0 Å². The summed E-state index contributed by atoms with van der Waals surface area (Å²) in [4.78, 5) is 0. The molecule has 0 aliphatic rings. The molecule has 0 heterocycles. The van der Waals surface area contributed by atoms with Gasteiger partial charge in [-0.3, -0.25) is 0 Å². The molecular formula is C6H13IO3. The lowest BCUT2D eigenvalue weighted by Crippen LogP contribution is -2.32. The number of hydrogen-bond acceptors (Lipinski definition) is 3. The number of rotatable bonds is 5. The van der Waals surface area contributed by atoms with Crippen LogP contribution in [0.1, 0.15) is 13.8 Å². The highest BCUT2D eigenvalue weighted by Crippen LogP contribution is 2.20. The van der Waals surface area contributed by atoms with E-state index in [2.05, 4.69) is 0 Å². The molecule has 0 bridgehead atoms. The lowest BCUT2D eigenvalue weighted by Gasteiger charge is -2.24. The first-order valence-corrected chi connectivity index (χ1v) is 4.34. The maximum absolute atomic E-state index is 8.79. The Bertz CT molecular complexity index is 81.1. The Morgan fingerprint density at radius 1 is 1.30 bits per heavy atom. The standard InChI is InChI=1S/C6H13IO3/c1-3-9-6(7,5-8)10-4-2/h8H,3-5H2,1-2H3. The second kappa shape index (κ2) is 5.29. The van der Waals surface area contributed by atoms with Crippen LogP contribution in [0.15, 0.2) is 0 Å². The minimum absolute atomic E-state index is 0.116. The molecule has 0 saturated carbocycles. The highest BCUT2D eigenvalue weighted by molar-refractivity contribution is 14.1. The van der Waals surface area contributed by atoms with Crippen molar-refractivity contribution < 1.29 is 14.6 Å². The minimum atomic E-state index is -0.832. The normalized spacial score (nSPS) is 12.0. The number of aliphatic hydroxyl groups is 1. The highest BCUT2D eigenvalue weighted by atomic mass is 127. The molecule has 0 amide bonds. The van der Waals surface area contributed by atoms with Gasteiger partial charge in [0.25, 0.3) is 0 Å². The molecule has 0 radical (unpaired) electrons. The van der Waals surface area contributed by atoms with Crippen molar-refractivity contribution in [2.24, 2.45) is 0 Å². The SMILES string of the molecule is CCOC(I)(CO)OCC. The molecule has 0 saturated heterocycles. The van der Waals surface area contributed by atoms with Crippen LogP contribution in [0.5, 0.6) is 0 Å². The third-order valence-corrected chi connectivity index (χ3v) is 1.87. The lowest BCUT2D eigenvalue weighted by atomic mass is 10.6. The second-order valence-corrected chi connectivity index (χ2v) is 3.33. The van der Waals surface area contributed by atoms with Crippen molar-refractivity contribution >= 4 is 22.6 Å². The van der Waals surface area contributed by atoms with E-state index < -0.39 is 3.79 Å². The van der Waals surface area contributed by atoms with Gasteiger partial charge in [-0.1, -0.05) is 0 Å². The quantitative estimate of drug-likeness (QED) is 0.457. The Balaban J connectivity index is 3.69. The zero-order valence-electron chi connectivity index (χ0n) is 6.26. The van der Waals surface area contributed by atoms with Crippen LogP contribution in [0.4, 0.5) is 0 Å². The average molecular weight is 260 g/mol. The predicted octanol–water partition coefficient (Wildman–Crippen LogP) is 1.14. The molecule has 0 aromatic heterocycles. The molecule has 1 N–H and O–H groups in total. The number of aliphatic hydroxyl groups excluding tert-OH is 1. The molecule has 0 spiro atoms. The van der Waals surface area contributed by atoms with Gasteiger partial charge in [0.2, 0.25) is 3.79 Å². The van der Waals surface area contributed by atoms with Gasteiger partial charge in [0.05, 0.1) is 0 Å². The maximum Gasteiger partial charge on any atom is 0.245 e. The van der Waals surface area contributed by atoms with Crippen molar-refractivity contribution in [3.05, 3.63) is 0 Å². The molecule has 0 aromatic carbocycles. The first-order chi connectivity index (χ1) is 4.68. The van der Waals surface area contributed by atoms with E-state index in [1.807, 2.05) is 36.4 Å². The van der Waals surface area contributed by atoms with Crippen molar-refractivity contribution in [3.8, 4) is 0 Å². The molecule has 0 aliphatic carbocycles. The van der Waals surface area contributed by atoms with E-state index >= 15 is 0 Å². The van der Waals surface area contributed by atoms with Crippen LogP contribution in [0.3, 0.4) is 0 Å². The summed E-state index contributed by atoms with van der Waals surface area (Å²) in [5.74, 6) is 0. The summed E-state index contributed by atoms with van der Waals surface area (Å²) in [5.41, 5.74) is 0. The molecule has 0 atom stereocenters. The second-order valence-electron chi connectivity index (χ2n) is 1.68. The van der Waals surface area contributed by atoms with E-state index in [0.717, 1.165) is 0 Å². The van der Waals surface area contributed by atoms with Crippen LogP contribution in [-0.2, 0) is 9.47 Å². The van der Waals surface area contributed by atoms with Crippen molar-refractivity contribution in [2.75, 3.05) is 19.8 Å². The molecule has 10 heavy (non-hydrogen) atoms. The third-order valence-electron chi connectivity index (χ3n) is 0.909. The average Bonchev–Trinajstić information content (AvgIpc) is 1.89. The Hall–Kier alpha value is 0.610. The van der Waals surface area contributed by atoms with Gasteiger partial charge in [-0.2, -0.15) is 0 Å².